The van der Waals surface area contributed by atoms with Crippen molar-refractivity contribution in [2.24, 2.45) is 40.4 Å². The lowest BCUT2D eigenvalue weighted by Gasteiger charge is -2.61. The molecule has 4 aliphatic rings. The predicted octanol–water partition coefficient (Wildman–Crippen LogP) is 5.60. The van der Waals surface area contributed by atoms with E-state index in [1.807, 2.05) is 31.2 Å². The van der Waals surface area contributed by atoms with E-state index in [-0.39, 0.29) is 11.3 Å². The Morgan fingerprint density at radius 3 is 2.41 bits per heavy atom. The second-order valence-electron chi connectivity index (χ2n) is 12.0. The molecule has 0 saturated heterocycles. The Morgan fingerprint density at radius 2 is 1.69 bits per heavy atom. The Kier molecular flexibility index (Phi) is 5.25. The van der Waals surface area contributed by atoms with Crippen molar-refractivity contribution < 1.29 is 9.90 Å². The molecule has 8 atom stereocenters. The SMILES string of the molecule is CC(=O)[C@H]1CCC2C3CC[C@@H]4C[C@@](O)(C#Cc5ccc(N)cc5)CC[C@]4(C)C3CC[C@@]21C. The quantitative estimate of drug-likeness (QED) is 0.448. The van der Waals surface area contributed by atoms with Gasteiger partial charge in [0.15, 0.2) is 0 Å². The van der Waals surface area contributed by atoms with Crippen LogP contribution in [0.1, 0.15) is 84.1 Å². The van der Waals surface area contributed by atoms with Gasteiger partial charge in [-0.15, -0.1) is 0 Å². The van der Waals surface area contributed by atoms with E-state index in [1.165, 1.54) is 32.1 Å². The maximum Gasteiger partial charge on any atom is 0.133 e. The molecule has 3 nitrogen and oxygen atoms in total. The predicted molar refractivity (Wildman–Crippen MR) is 129 cm³/mol. The monoisotopic (exact) mass is 433 g/mol. The average molecular weight is 434 g/mol. The highest BCUT2D eigenvalue weighted by molar-refractivity contribution is 5.79. The van der Waals surface area contributed by atoms with Crippen molar-refractivity contribution in [3.63, 3.8) is 0 Å². The van der Waals surface area contributed by atoms with Gasteiger partial charge in [0.25, 0.3) is 0 Å². The van der Waals surface area contributed by atoms with Crippen LogP contribution < -0.4 is 5.73 Å². The number of Topliss-reactive ketones (excluding diaryl/α,β-unsaturated/α-hetero) is 1. The molecule has 0 amide bonds. The molecule has 32 heavy (non-hydrogen) atoms. The van der Waals surface area contributed by atoms with Crippen LogP contribution in [-0.4, -0.2) is 16.5 Å². The van der Waals surface area contributed by atoms with Crippen LogP contribution in [0.4, 0.5) is 5.69 Å². The van der Waals surface area contributed by atoms with Crippen LogP contribution in [0.15, 0.2) is 24.3 Å². The normalized spacial score (nSPS) is 45.1. The zero-order chi connectivity index (χ0) is 22.7. The molecule has 3 unspecified atom stereocenters. The molecule has 4 saturated carbocycles. The van der Waals surface area contributed by atoms with Crippen molar-refractivity contribution in [2.45, 2.75) is 84.2 Å². The van der Waals surface area contributed by atoms with E-state index in [0.29, 0.717) is 23.0 Å². The van der Waals surface area contributed by atoms with Crippen LogP contribution >= 0.6 is 0 Å². The lowest BCUT2D eigenvalue weighted by Crippen LogP contribution is -2.56. The molecule has 4 fully saturated rings. The van der Waals surface area contributed by atoms with Gasteiger partial charge in [-0.3, -0.25) is 4.79 Å². The highest BCUT2D eigenvalue weighted by Crippen LogP contribution is 2.68. The molecule has 0 bridgehead atoms. The molecule has 0 aromatic heterocycles. The lowest BCUT2D eigenvalue weighted by atomic mass is 9.44. The number of nitrogens with two attached hydrogens (primary N) is 1. The Balaban J connectivity index is 1.34. The molecule has 0 spiro atoms. The Morgan fingerprint density at radius 1 is 0.969 bits per heavy atom. The molecule has 1 aromatic rings. The molecule has 3 heteroatoms. The van der Waals surface area contributed by atoms with Crippen LogP contribution in [-0.2, 0) is 4.79 Å². The van der Waals surface area contributed by atoms with Gasteiger partial charge in [0, 0.05) is 17.2 Å². The summed E-state index contributed by atoms with van der Waals surface area (Å²) in [7, 11) is 0. The fraction of sp³-hybridized carbons (Fsp3) is 0.690. The van der Waals surface area contributed by atoms with Gasteiger partial charge < -0.3 is 10.8 Å². The molecule has 4 aliphatic carbocycles. The summed E-state index contributed by atoms with van der Waals surface area (Å²) in [6, 6.07) is 7.59. The number of nitrogen functional groups attached to an aromatic ring is 1. The Labute approximate surface area is 193 Å². The minimum atomic E-state index is -0.880. The molecule has 3 N–H and O–H groups in total. The fourth-order valence-corrected chi connectivity index (χ4v) is 8.78. The highest BCUT2D eigenvalue weighted by atomic mass is 16.3. The van der Waals surface area contributed by atoms with Crippen molar-refractivity contribution in [1.29, 1.82) is 0 Å². The van der Waals surface area contributed by atoms with E-state index < -0.39 is 5.60 Å². The highest BCUT2D eigenvalue weighted by Gasteiger charge is 2.61. The number of carbonyl (C=O) groups is 1. The first-order chi connectivity index (χ1) is 15.1. The molecule has 172 valence electrons. The number of hydrogen-bond donors (Lipinski definition) is 2. The van der Waals surface area contributed by atoms with Crippen LogP contribution in [0.2, 0.25) is 0 Å². The summed E-state index contributed by atoms with van der Waals surface area (Å²) < 4.78 is 0. The van der Waals surface area contributed by atoms with E-state index in [9.17, 15) is 9.90 Å². The van der Waals surface area contributed by atoms with E-state index in [0.717, 1.165) is 48.8 Å². The maximum absolute atomic E-state index is 12.4. The number of anilines is 1. The van der Waals surface area contributed by atoms with Crippen molar-refractivity contribution in [1.82, 2.24) is 0 Å². The first kappa shape index (κ1) is 22.0. The third kappa shape index (κ3) is 3.41. The van der Waals surface area contributed by atoms with Crippen molar-refractivity contribution in [3.8, 4) is 11.8 Å². The minimum Gasteiger partial charge on any atom is -0.399 e. The van der Waals surface area contributed by atoms with Crippen molar-refractivity contribution in [3.05, 3.63) is 29.8 Å². The summed E-state index contributed by atoms with van der Waals surface area (Å²) in [6.45, 7) is 6.76. The van der Waals surface area contributed by atoms with E-state index in [2.05, 4.69) is 25.7 Å². The summed E-state index contributed by atoms with van der Waals surface area (Å²) in [5.74, 6) is 9.88. The zero-order valence-electron chi connectivity index (χ0n) is 20.0. The number of benzene rings is 1. The topological polar surface area (TPSA) is 63.3 Å². The molecule has 1 aromatic carbocycles. The zero-order valence-corrected chi connectivity index (χ0v) is 20.0. The van der Waals surface area contributed by atoms with Crippen LogP contribution in [0.25, 0.3) is 0 Å². The number of ketones is 1. The summed E-state index contributed by atoms with van der Waals surface area (Å²) >= 11 is 0. The van der Waals surface area contributed by atoms with Gasteiger partial charge in [0.2, 0.25) is 0 Å². The van der Waals surface area contributed by atoms with Crippen LogP contribution in [0.3, 0.4) is 0 Å². The smallest absolute Gasteiger partial charge is 0.133 e. The molecule has 0 aliphatic heterocycles. The van der Waals surface area contributed by atoms with Gasteiger partial charge in [-0.1, -0.05) is 25.7 Å². The number of aliphatic hydroxyl groups is 1. The Bertz CT molecular complexity index is 958. The third-order valence-electron chi connectivity index (χ3n) is 10.6. The van der Waals surface area contributed by atoms with Gasteiger partial charge in [-0.05, 0) is 123 Å². The molecular formula is C29H39NO2. The number of fused-ring (bicyclic) bond motifs is 5. The van der Waals surface area contributed by atoms with Gasteiger partial charge in [-0.2, -0.15) is 0 Å². The van der Waals surface area contributed by atoms with E-state index in [1.54, 1.807) is 0 Å². The average Bonchev–Trinajstić information content (AvgIpc) is 3.12. The second-order valence-corrected chi connectivity index (χ2v) is 12.0. The summed E-state index contributed by atoms with van der Waals surface area (Å²) in [5, 5.41) is 11.4. The second kappa shape index (κ2) is 7.63. The number of hydrogen-bond acceptors (Lipinski definition) is 3. The van der Waals surface area contributed by atoms with Gasteiger partial charge in [0.1, 0.15) is 11.4 Å². The fourth-order valence-electron chi connectivity index (χ4n) is 8.78. The van der Waals surface area contributed by atoms with Gasteiger partial charge >= 0.3 is 0 Å². The molecule has 0 heterocycles. The maximum atomic E-state index is 12.4. The molecule has 0 radical (unpaired) electrons. The minimum absolute atomic E-state index is 0.218. The van der Waals surface area contributed by atoms with E-state index >= 15 is 0 Å². The standard InChI is InChI=1S/C29H39NO2/c1-19(31)24-10-11-25-23-9-6-21-18-29(32,15-12-20-4-7-22(30)8-5-20)17-16-27(21,2)26(23)13-14-28(24,25)3/h4-5,7-8,21,23-26,32H,6,9-11,13-14,16-18,30H2,1-3H3/t21-,23?,24-,25?,26?,27+,28-,29-/m1/s1. The van der Waals surface area contributed by atoms with Crippen molar-refractivity contribution in [2.75, 3.05) is 5.73 Å². The van der Waals surface area contributed by atoms with Gasteiger partial charge in [-0.25, -0.2) is 0 Å². The van der Waals surface area contributed by atoms with Crippen LogP contribution in [0.5, 0.6) is 0 Å². The molecule has 5 rings (SSSR count). The van der Waals surface area contributed by atoms with Crippen LogP contribution in [0, 0.1) is 52.3 Å². The largest absolute Gasteiger partial charge is 0.399 e. The summed E-state index contributed by atoms with van der Waals surface area (Å²) in [5.41, 5.74) is 7.07. The molecular weight excluding hydrogens is 394 g/mol. The van der Waals surface area contributed by atoms with E-state index in [4.69, 9.17) is 5.73 Å². The first-order valence-electron chi connectivity index (χ1n) is 12.8. The summed E-state index contributed by atoms with van der Waals surface area (Å²) in [4.78, 5) is 12.4. The number of carbonyl (C=O) groups excluding carboxylic acids is 1. The van der Waals surface area contributed by atoms with Crippen molar-refractivity contribution >= 4 is 11.5 Å². The first-order valence-corrected chi connectivity index (χ1v) is 12.8. The van der Waals surface area contributed by atoms with Gasteiger partial charge in [0.05, 0.1) is 0 Å². The summed E-state index contributed by atoms with van der Waals surface area (Å²) in [6.07, 6.45) is 9.87. The third-order valence-corrected chi connectivity index (χ3v) is 10.6. The lowest BCUT2D eigenvalue weighted by molar-refractivity contribution is -0.144. The number of rotatable bonds is 1. The Hall–Kier alpha value is -1.79.